The maximum Gasteiger partial charge on any atom is 0.101 e. The van der Waals surface area contributed by atoms with E-state index in [0.29, 0.717) is 6.61 Å². The van der Waals surface area contributed by atoms with Crippen LogP contribution in [-0.2, 0) is 11.2 Å². The van der Waals surface area contributed by atoms with Crippen LogP contribution >= 0.6 is 0 Å². The van der Waals surface area contributed by atoms with Gasteiger partial charge >= 0.3 is 0 Å². The summed E-state index contributed by atoms with van der Waals surface area (Å²) in [5, 5.41) is 0. The van der Waals surface area contributed by atoms with E-state index < -0.39 is 0 Å². The Morgan fingerprint density at radius 2 is 2.27 bits per heavy atom. The SMILES string of the molecule is C1=NCCc2ncc(N3CCOC(c4cccnc4)C3)cc21. The van der Waals surface area contributed by atoms with Gasteiger partial charge in [0.25, 0.3) is 0 Å². The Morgan fingerprint density at radius 3 is 3.18 bits per heavy atom. The van der Waals surface area contributed by atoms with Crippen molar-refractivity contribution in [3.8, 4) is 0 Å². The molecule has 2 aliphatic rings. The van der Waals surface area contributed by atoms with Crippen LogP contribution in [0.5, 0.6) is 0 Å². The molecule has 1 unspecified atom stereocenters. The average Bonchev–Trinajstić information content (AvgIpc) is 2.62. The molecule has 1 fully saturated rings. The van der Waals surface area contributed by atoms with E-state index in [2.05, 4.69) is 32.0 Å². The van der Waals surface area contributed by atoms with Gasteiger partial charge in [-0.05, 0) is 12.1 Å². The van der Waals surface area contributed by atoms with Crippen LogP contribution in [0.4, 0.5) is 5.69 Å². The Kier molecular flexibility index (Phi) is 3.56. The predicted molar refractivity (Wildman–Crippen MR) is 85.5 cm³/mol. The minimum Gasteiger partial charge on any atom is -0.370 e. The van der Waals surface area contributed by atoms with E-state index in [0.717, 1.165) is 48.6 Å². The summed E-state index contributed by atoms with van der Waals surface area (Å²) in [5.41, 5.74) is 4.56. The number of rotatable bonds is 2. The van der Waals surface area contributed by atoms with E-state index in [1.165, 1.54) is 0 Å². The Hall–Kier alpha value is -2.27. The quantitative estimate of drug-likeness (QED) is 0.850. The van der Waals surface area contributed by atoms with Gasteiger partial charge in [0.05, 0.1) is 24.2 Å². The molecule has 22 heavy (non-hydrogen) atoms. The lowest BCUT2D eigenvalue weighted by Gasteiger charge is -2.34. The standard InChI is InChI=1S/C17H18N4O/c1-2-13(9-18-4-1)17-12-21(6-7-22-17)15-8-14-10-19-5-3-16(14)20-11-15/h1-2,4,8-11,17H,3,5-7,12H2. The monoisotopic (exact) mass is 294 g/mol. The van der Waals surface area contributed by atoms with E-state index in [9.17, 15) is 0 Å². The van der Waals surface area contributed by atoms with Crippen molar-refractivity contribution < 1.29 is 4.74 Å². The number of aliphatic imine (C=N–C) groups is 1. The summed E-state index contributed by atoms with van der Waals surface area (Å²) in [5.74, 6) is 0. The van der Waals surface area contributed by atoms with E-state index in [4.69, 9.17) is 4.74 Å². The third-order valence-electron chi connectivity index (χ3n) is 4.19. The number of hydrogen-bond donors (Lipinski definition) is 0. The normalized spacial score (nSPS) is 20.7. The van der Waals surface area contributed by atoms with Crippen molar-refractivity contribution in [2.45, 2.75) is 12.5 Å². The van der Waals surface area contributed by atoms with Crippen LogP contribution in [0.15, 0.2) is 41.8 Å². The maximum atomic E-state index is 5.90. The van der Waals surface area contributed by atoms with E-state index in [1.807, 2.05) is 24.7 Å². The molecule has 0 bridgehead atoms. The average molecular weight is 294 g/mol. The molecule has 5 heteroatoms. The first-order chi connectivity index (χ1) is 10.9. The predicted octanol–water partition coefficient (Wildman–Crippen LogP) is 2.03. The van der Waals surface area contributed by atoms with E-state index >= 15 is 0 Å². The lowest BCUT2D eigenvalue weighted by Crippen LogP contribution is -2.38. The van der Waals surface area contributed by atoms with Gasteiger partial charge in [-0.2, -0.15) is 0 Å². The van der Waals surface area contributed by atoms with Gasteiger partial charge in [0.2, 0.25) is 0 Å². The van der Waals surface area contributed by atoms with E-state index in [-0.39, 0.29) is 6.10 Å². The van der Waals surface area contributed by atoms with Crippen molar-refractivity contribution in [3.05, 3.63) is 53.6 Å². The fourth-order valence-corrected chi connectivity index (χ4v) is 2.98. The molecule has 0 N–H and O–H groups in total. The number of ether oxygens (including phenoxy) is 1. The van der Waals surface area contributed by atoms with Crippen LogP contribution in [0.3, 0.4) is 0 Å². The number of aromatic nitrogens is 2. The molecule has 1 saturated heterocycles. The number of nitrogens with zero attached hydrogens (tertiary/aromatic N) is 4. The first-order valence-electron chi connectivity index (χ1n) is 7.65. The minimum absolute atomic E-state index is 0.0622. The molecule has 5 nitrogen and oxygen atoms in total. The largest absolute Gasteiger partial charge is 0.370 e. The van der Waals surface area contributed by atoms with Crippen molar-refractivity contribution in [2.24, 2.45) is 4.99 Å². The topological polar surface area (TPSA) is 50.6 Å². The molecular formula is C17H18N4O. The molecule has 1 atom stereocenters. The minimum atomic E-state index is 0.0622. The first kappa shape index (κ1) is 13.4. The molecular weight excluding hydrogens is 276 g/mol. The molecule has 0 spiro atoms. The highest BCUT2D eigenvalue weighted by molar-refractivity contribution is 5.83. The van der Waals surface area contributed by atoms with Gasteiger partial charge < -0.3 is 9.64 Å². The van der Waals surface area contributed by atoms with Crippen LogP contribution in [0.1, 0.15) is 22.9 Å². The smallest absolute Gasteiger partial charge is 0.101 e. The zero-order valence-corrected chi connectivity index (χ0v) is 12.4. The second-order valence-electron chi connectivity index (χ2n) is 5.61. The van der Waals surface area contributed by atoms with Crippen LogP contribution in [0.25, 0.3) is 0 Å². The molecule has 2 aliphatic heterocycles. The number of hydrogen-bond acceptors (Lipinski definition) is 5. The molecule has 0 amide bonds. The molecule has 2 aromatic rings. The van der Waals surface area contributed by atoms with Crippen molar-refractivity contribution in [3.63, 3.8) is 0 Å². The molecule has 4 rings (SSSR count). The highest BCUT2D eigenvalue weighted by Crippen LogP contribution is 2.26. The van der Waals surface area contributed by atoms with Crippen LogP contribution < -0.4 is 4.90 Å². The van der Waals surface area contributed by atoms with Crippen LogP contribution in [-0.4, -0.2) is 42.4 Å². The lowest BCUT2D eigenvalue weighted by atomic mass is 10.1. The van der Waals surface area contributed by atoms with Gasteiger partial charge in [-0.25, -0.2) is 0 Å². The fourth-order valence-electron chi connectivity index (χ4n) is 2.98. The zero-order valence-electron chi connectivity index (χ0n) is 12.4. The van der Waals surface area contributed by atoms with Crippen molar-refractivity contribution in [2.75, 3.05) is 31.1 Å². The Morgan fingerprint density at radius 1 is 1.27 bits per heavy atom. The second kappa shape index (κ2) is 5.85. The number of morpholine rings is 1. The van der Waals surface area contributed by atoms with Crippen LogP contribution in [0.2, 0.25) is 0 Å². The van der Waals surface area contributed by atoms with Crippen molar-refractivity contribution in [1.29, 1.82) is 0 Å². The van der Waals surface area contributed by atoms with Gasteiger partial charge in [-0.15, -0.1) is 0 Å². The summed E-state index contributed by atoms with van der Waals surface area (Å²) in [6, 6.07) is 6.21. The Balaban J connectivity index is 1.57. The molecule has 0 aliphatic carbocycles. The number of anilines is 1. The van der Waals surface area contributed by atoms with Gasteiger partial charge in [0, 0.05) is 55.8 Å². The third kappa shape index (κ3) is 2.60. The summed E-state index contributed by atoms with van der Waals surface area (Å²) in [4.78, 5) is 15.5. The summed E-state index contributed by atoms with van der Waals surface area (Å²) in [7, 11) is 0. The first-order valence-corrected chi connectivity index (χ1v) is 7.65. The van der Waals surface area contributed by atoms with Crippen molar-refractivity contribution >= 4 is 11.9 Å². The summed E-state index contributed by atoms with van der Waals surface area (Å²) in [6.45, 7) is 3.27. The van der Waals surface area contributed by atoms with E-state index in [1.54, 1.807) is 6.20 Å². The Labute approximate surface area is 129 Å². The fraction of sp³-hybridized carbons (Fsp3) is 0.353. The summed E-state index contributed by atoms with van der Waals surface area (Å²) < 4.78 is 5.90. The molecule has 0 radical (unpaired) electrons. The maximum absolute atomic E-state index is 5.90. The second-order valence-corrected chi connectivity index (χ2v) is 5.61. The third-order valence-corrected chi connectivity index (χ3v) is 4.19. The number of fused-ring (bicyclic) bond motifs is 1. The molecule has 112 valence electrons. The molecule has 2 aromatic heterocycles. The molecule has 0 saturated carbocycles. The molecule has 4 heterocycles. The number of pyridine rings is 2. The highest BCUT2D eigenvalue weighted by Gasteiger charge is 2.23. The zero-order chi connectivity index (χ0) is 14.8. The van der Waals surface area contributed by atoms with Gasteiger partial charge in [-0.1, -0.05) is 6.07 Å². The van der Waals surface area contributed by atoms with Crippen LogP contribution in [0, 0.1) is 0 Å². The van der Waals surface area contributed by atoms with Gasteiger partial charge in [0.1, 0.15) is 6.10 Å². The Bertz CT molecular complexity index is 686. The lowest BCUT2D eigenvalue weighted by molar-refractivity contribution is 0.0395. The van der Waals surface area contributed by atoms with Gasteiger partial charge in [0.15, 0.2) is 0 Å². The van der Waals surface area contributed by atoms with Gasteiger partial charge in [-0.3, -0.25) is 15.0 Å². The summed E-state index contributed by atoms with van der Waals surface area (Å²) in [6.07, 6.45) is 8.58. The molecule has 0 aromatic carbocycles. The van der Waals surface area contributed by atoms with Crippen molar-refractivity contribution in [1.82, 2.24) is 9.97 Å². The summed E-state index contributed by atoms with van der Waals surface area (Å²) >= 11 is 0. The highest BCUT2D eigenvalue weighted by atomic mass is 16.5.